The number of hydrogen-bond acceptors (Lipinski definition) is 6. The van der Waals surface area contributed by atoms with Crippen LogP contribution in [0, 0.1) is 0 Å². The molecule has 0 fully saturated rings. The minimum absolute atomic E-state index is 0.0357. The molecule has 0 atom stereocenters. The number of benzene rings is 6. The predicted octanol–water partition coefficient (Wildman–Crippen LogP) is 7.26. The van der Waals surface area contributed by atoms with Crippen molar-refractivity contribution in [3.05, 3.63) is 97.1 Å². The number of nitrogens with zero attached hydrogens (tertiary/aromatic N) is 4. The average molecular weight is 491 g/mol. The van der Waals surface area contributed by atoms with Gasteiger partial charge in [0, 0.05) is 21.9 Å². The molecule has 0 saturated heterocycles. The zero-order chi connectivity index (χ0) is 25.4. The number of aromatic hydroxyl groups is 2. The van der Waals surface area contributed by atoms with Gasteiger partial charge in [-0.3, -0.25) is 0 Å². The Morgan fingerprint density at radius 3 is 1.16 bits per heavy atom. The topological polar surface area (TPSA) is 92.0 Å². The first-order chi connectivity index (χ1) is 18.7. The molecule has 0 spiro atoms. The highest BCUT2D eigenvalue weighted by atomic mass is 16.3. The van der Waals surface area contributed by atoms with E-state index in [4.69, 9.17) is 19.9 Å². The summed E-state index contributed by atoms with van der Waals surface area (Å²) < 4.78 is 0. The Morgan fingerprint density at radius 2 is 0.737 bits per heavy atom. The molecule has 8 aromatic rings. The van der Waals surface area contributed by atoms with Crippen molar-refractivity contribution in [1.82, 2.24) is 19.9 Å². The van der Waals surface area contributed by atoms with Gasteiger partial charge in [0.1, 0.15) is 11.5 Å². The molecule has 6 heteroatoms. The van der Waals surface area contributed by atoms with Crippen molar-refractivity contribution in [2.45, 2.75) is 0 Å². The van der Waals surface area contributed by atoms with Gasteiger partial charge in [-0.05, 0) is 59.3 Å². The Morgan fingerprint density at radius 1 is 0.368 bits per heavy atom. The van der Waals surface area contributed by atoms with E-state index < -0.39 is 0 Å². The summed E-state index contributed by atoms with van der Waals surface area (Å²) in [5, 5.41) is 25.9. The SMILES string of the molecule is Oc1ccc2ccc3nc4ccccc4nc3c2c1-c1c(O)ccc2ccc3nc4ccccc4nc3c12. The molecule has 0 aliphatic heterocycles. The van der Waals surface area contributed by atoms with Crippen LogP contribution in [0.1, 0.15) is 0 Å². The highest BCUT2D eigenvalue weighted by Crippen LogP contribution is 2.47. The molecule has 0 radical (unpaired) electrons. The summed E-state index contributed by atoms with van der Waals surface area (Å²) >= 11 is 0. The molecule has 2 heterocycles. The molecule has 6 aromatic carbocycles. The fourth-order valence-corrected chi connectivity index (χ4v) is 5.47. The van der Waals surface area contributed by atoms with Crippen LogP contribution in [-0.4, -0.2) is 30.1 Å². The summed E-state index contributed by atoms with van der Waals surface area (Å²) in [6, 6.07) is 30.3. The molecule has 0 aliphatic carbocycles. The standard InChI is InChI=1S/C32H18N4O2/c37-25-15-11-17-9-13-23-31(35-21-7-3-1-5-19(21)33-23)27(17)29(25)30-26(38)16-12-18-10-14-24-32(28(18)30)36-22-8-4-2-6-20(22)34-24/h1-16,37-38H. The quantitative estimate of drug-likeness (QED) is 0.186. The Hall–Kier alpha value is -5.36. The van der Waals surface area contributed by atoms with E-state index in [2.05, 4.69) is 0 Å². The fourth-order valence-electron chi connectivity index (χ4n) is 5.47. The van der Waals surface area contributed by atoms with Gasteiger partial charge in [-0.1, -0.05) is 48.5 Å². The van der Waals surface area contributed by atoms with E-state index in [1.165, 1.54) is 0 Å². The molecule has 6 nitrogen and oxygen atoms in total. The second-order valence-corrected chi connectivity index (χ2v) is 9.41. The van der Waals surface area contributed by atoms with Gasteiger partial charge in [-0.2, -0.15) is 0 Å². The highest BCUT2D eigenvalue weighted by Gasteiger charge is 2.22. The Labute approximate surface area is 215 Å². The molecule has 38 heavy (non-hydrogen) atoms. The van der Waals surface area contributed by atoms with E-state index in [-0.39, 0.29) is 11.5 Å². The predicted molar refractivity (Wildman–Crippen MR) is 151 cm³/mol. The van der Waals surface area contributed by atoms with Crippen molar-refractivity contribution in [3.8, 4) is 22.6 Å². The lowest BCUT2D eigenvalue weighted by Crippen LogP contribution is -1.94. The van der Waals surface area contributed by atoms with Crippen LogP contribution in [0.2, 0.25) is 0 Å². The van der Waals surface area contributed by atoms with Crippen molar-refractivity contribution < 1.29 is 10.2 Å². The lowest BCUT2D eigenvalue weighted by molar-refractivity contribution is 0.470. The average Bonchev–Trinajstić information content (AvgIpc) is 2.95. The van der Waals surface area contributed by atoms with E-state index >= 15 is 0 Å². The van der Waals surface area contributed by atoms with E-state index in [9.17, 15) is 10.2 Å². The molecule has 0 bridgehead atoms. The van der Waals surface area contributed by atoms with Gasteiger partial charge < -0.3 is 10.2 Å². The van der Waals surface area contributed by atoms with Crippen LogP contribution in [0.4, 0.5) is 0 Å². The Balaban J connectivity index is 1.60. The lowest BCUT2D eigenvalue weighted by Gasteiger charge is -2.16. The highest BCUT2D eigenvalue weighted by molar-refractivity contribution is 6.22. The third-order valence-electron chi connectivity index (χ3n) is 7.19. The molecule has 178 valence electrons. The van der Waals surface area contributed by atoms with Gasteiger partial charge in [0.2, 0.25) is 0 Å². The number of phenols is 2. The van der Waals surface area contributed by atoms with Crippen LogP contribution < -0.4 is 0 Å². The molecular weight excluding hydrogens is 472 g/mol. The smallest absolute Gasteiger partial charge is 0.124 e. The van der Waals surface area contributed by atoms with Crippen molar-refractivity contribution in [2.24, 2.45) is 0 Å². The Kier molecular flexibility index (Phi) is 4.14. The molecule has 0 unspecified atom stereocenters. The minimum Gasteiger partial charge on any atom is -0.507 e. The van der Waals surface area contributed by atoms with Gasteiger partial charge in [0.25, 0.3) is 0 Å². The van der Waals surface area contributed by atoms with Crippen LogP contribution in [0.15, 0.2) is 97.1 Å². The zero-order valence-electron chi connectivity index (χ0n) is 19.9. The van der Waals surface area contributed by atoms with Crippen LogP contribution in [-0.2, 0) is 0 Å². The zero-order valence-corrected chi connectivity index (χ0v) is 19.9. The molecule has 2 aromatic heterocycles. The maximum absolute atomic E-state index is 11.4. The first-order valence-electron chi connectivity index (χ1n) is 12.3. The second-order valence-electron chi connectivity index (χ2n) is 9.41. The third-order valence-corrected chi connectivity index (χ3v) is 7.19. The fraction of sp³-hybridized carbons (Fsp3) is 0. The molecule has 0 aliphatic rings. The molecule has 0 amide bonds. The van der Waals surface area contributed by atoms with Crippen molar-refractivity contribution >= 4 is 65.7 Å². The van der Waals surface area contributed by atoms with E-state index in [1.54, 1.807) is 12.1 Å². The maximum atomic E-state index is 11.4. The van der Waals surface area contributed by atoms with Gasteiger partial charge >= 0.3 is 0 Å². The lowest BCUT2D eigenvalue weighted by atomic mass is 9.91. The van der Waals surface area contributed by atoms with Crippen LogP contribution >= 0.6 is 0 Å². The third kappa shape index (κ3) is 2.88. The van der Waals surface area contributed by atoms with Gasteiger partial charge in [0.15, 0.2) is 0 Å². The Bertz CT molecular complexity index is 2120. The van der Waals surface area contributed by atoms with Gasteiger partial charge in [-0.25, -0.2) is 19.9 Å². The van der Waals surface area contributed by atoms with Crippen LogP contribution in [0.25, 0.3) is 76.8 Å². The van der Waals surface area contributed by atoms with Crippen LogP contribution in [0.3, 0.4) is 0 Å². The summed E-state index contributed by atoms with van der Waals surface area (Å²) in [5.41, 5.74) is 6.80. The number of rotatable bonds is 1. The first kappa shape index (κ1) is 20.8. The molecular formula is C32H18N4O2. The maximum Gasteiger partial charge on any atom is 0.124 e. The van der Waals surface area contributed by atoms with Crippen molar-refractivity contribution in [1.29, 1.82) is 0 Å². The van der Waals surface area contributed by atoms with Crippen molar-refractivity contribution in [2.75, 3.05) is 0 Å². The summed E-state index contributed by atoms with van der Waals surface area (Å²) in [7, 11) is 0. The number of aromatic nitrogens is 4. The van der Waals surface area contributed by atoms with Crippen LogP contribution in [0.5, 0.6) is 11.5 Å². The van der Waals surface area contributed by atoms with E-state index in [0.29, 0.717) is 44.0 Å². The number of fused-ring (bicyclic) bond motifs is 8. The van der Waals surface area contributed by atoms with Crippen molar-refractivity contribution in [3.63, 3.8) is 0 Å². The summed E-state index contributed by atoms with van der Waals surface area (Å²) in [4.78, 5) is 19.6. The van der Waals surface area contributed by atoms with E-state index in [1.807, 2.05) is 84.9 Å². The summed E-state index contributed by atoms with van der Waals surface area (Å²) in [6.45, 7) is 0. The first-order valence-corrected chi connectivity index (χ1v) is 12.3. The molecule has 2 N–H and O–H groups in total. The van der Waals surface area contributed by atoms with E-state index in [0.717, 1.165) is 32.8 Å². The molecule has 8 rings (SSSR count). The summed E-state index contributed by atoms with van der Waals surface area (Å²) in [6.07, 6.45) is 0. The second kappa shape index (κ2) is 7.57. The number of hydrogen-bond donors (Lipinski definition) is 2. The normalized spacial score (nSPS) is 11.9. The monoisotopic (exact) mass is 490 g/mol. The summed E-state index contributed by atoms with van der Waals surface area (Å²) in [5.74, 6) is 0.0713. The minimum atomic E-state index is 0.0357. The van der Waals surface area contributed by atoms with Gasteiger partial charge in [-0.15, -0.1) is 0 Å². The number of phenolic OH excluding ortho intramolecular Hbond substituents is 2. The largest absolute Gasteiger partial charge is 0.507 e. The van der Waals surface area contributed by atoms with Gasteiger partial charge in [0.05, 0.1) is 44.1 Å². The molecule has 0 saturated carbocycles. The number of para-hydroxylation sites is 4.